The van der Waals surface area contributed by atoms with E-state index in [1.165, 1.54) is 0 Å². The number of hydrogen-bond acceptors (Lipinski definition) is 3. The van der Waals surface area contributed by atoms with Gasteiger partial charge in [0.25, 0.3) is 0 Å². The van der Waals surface area contributed by atoms with Gasteiger partial charge >= 0.3 is 0 Å². The van der Waals surface area contributed by atoms with Gasteiger partial charge < -0.3 is 11.1 Å². The largest absolute Gasteiger partial charge is 0.355 e. The average molecular weight is 298 g/mol. The molecule has 0 bridgehead atoms. The van der Waals surface area contributed by atoms with E-state index in [0.717, 1.165) is 12.0 Å². The highest BCUT2D eigenvalue weighted by molar-refractivity contribution is 6.30. The maximum Gasteiger partial charge on any atom is 0.234 e. The van der Waals surface area contributed by atoms with E-state index in [4.69, 9.17) is 17.3 Å². The molecule has 1 rings (SSSR count). The number of nitrogens with one attached hydrogen (secondary N) is 1. The zero-order valence-electron chi connectivity index (χ0n) is 12.4. The van der Waals surface area contributed by atoms with E-state index < -0.39 is 0 Å². The molecule has 5 heteroatoms. The van der Waals surface area contributed by atoms with E-state index in [1.807, 2.05) is 50.1 Å². The third-order valence-corrected chi connectivity index (χ3v) is 3.58. The minimum absolute atomic E-state index is 0.000118. The Hall–Kier alpha value is -1.10. The van der Waals surface area contributed by atoms with Crippen LogP contribution in [-0.2, 0) is 4.79 Å². The molecule has 1 aromatic rings. The fraction of sp³-hybridized carbons (Fsp3) is 0.533. The standard InChI is InChI=1S/C15H24ClN3O/c1-4-13(17)15(11-6-8-12(16)9-7-11)19(3)10-14(20)18-5-2/h6-9,13,15H,4-5,10,17H2,1-3H3,(H,18,20). The topological polar surface area (TPSA) is 58.4 Å². The van der Waals surface area contributed by atoms with Crippen molar-refractivity contribution in [3.63, 3.8) is 0 Å². The van der Waals surface area contributed by atoms with Gasteiger partial charge in [0.05, 0.1) is 12.6 Å². The maximum absolute atomic E-state index is 11.7. The molecule has 1 aromatic carbocycles. The molecule has 0 radical (unpaired) electrons. The first-order valence-electron chi connectivity index (χ1n) is 6.97. The quantitative estimate of drug-likeness (QED) is 0.811. The minimum atomic E-state index is -0.0318. The van der Waals surface area contributed by atoms with Crippen molar-refractivity contribution in [1.29, 1.82) is 0 Å². The Morgan fingerprint density at radius 3 is 2.45 bits per heavy atom. The van der Waals surface area contributed by atoms with Crippen LogP contribution in [0, 0.1) is 0 Å². The zero-order valence-corrected chi connectivity index (χ0v) is 13.2. The molecule has 0 fully saturated rings. The molecule has 1 amide bonds. The summed E-state index contributed by atoms with van der Waals surface area (Å²) in [6.45, 7) is 4.92. The van der Waals surface area contributed by atoms with Gasteiger partial charge in [-0.2, -0.15) is 0 Å². The van der Waals surface area contributed by atoms with Crippen molar-refractivity contribution < 1.29 is 4.79 Å². The van der Waals surface area contributed by atoms with Crippen molar-refractivity contribution in [2.45, 2.75) is 32.4 Å². The molecular formula is C15H24ClN3O. The number of benzene rings is 1. The van der Waals surface area contributed by atoms with Crippen LogP contribution >= 0.6 is 11.6 Å². The van der Waals surface area contributed by atoms with Crippen LogP contribution in [0.1, 0.15) is 31.9 Å². The molecule has 112 valence electrons. The molecule has 0 aromatic heterocycles. The van der Waals surface area contributed by atoms with Gasteiger partial charge in [-0.3, -0.25) is 9.69 Å². The number of likely N-dealkylation sites (N-methyl/N-ethyl adjacent to an activating group) is 2. The smallest absolute Gasteiger partial charge is 0.234 e. The van der Waals surface area contributed by atoms with E-state index in [0.29, 0.717) is 18.1 Å². The van der Waals surface area contributed by atoms with Gasteiger partial charge in [-0.15, -0.1) is 0 Å². The Balaban J connectivity index is 2.88. The highest BCUT2D eigenvalue weighted by atomic mass is 35.5. The van der Waals surface area contributed by atoms with Crippen molar-refractivity contribution in [2.75, 3.05) is 20.1 Å². The molecule has 0 heterocycles. The minimum Gasteiger partial charge on any atom is -0.355 e. The summed E-state index contributed by atoms with van der Waals surface area (Å²) < 4.78 is 0. The number of nitrogens with two attached hydrogens (primary N) is 1. The molecule has 3 N–H and O–H groups in total. The summed E-state index contributed by atoms with van der Waals surface area (Å²) in [5.74, 6) is 0.0114. The lowest BCUT2D eigenvalue weighted by molar-refractivity contribution is -0.122. The van der Waals surface area contributed by atoms with Crippen LogP contribution in [0.3, 0.4) is 0 Å². The lowest BCUT2D eigenvalue weighted by Crippen LogP contribution is -2.43. The molecule has 0 spiro atoms. The Kier molecular flexibility index (Phi) is 6.99. The SMILES string of the molecule is CCNC(=O)CN(C)C(c1ccc(Cl)cc1)C(N)CC. The predicted molar refractivity (Wildman–Crippen MR) is 83.8 cm³/mol. The van der Waals surface area contributed by atoms with Gasteiger partial charge in [-0.25, -0.2) is 0 Å². The number of amides is 1. The second-order valence-corrected chi connectivity index (χ2v) is 5.37. The van der Waals surface area contributed by atoms with E-state index in [1.54, 1.807) is 0 Å². The summed E-state index contributed by atoms with van der Waals surface area (Å²) in [7, 11) is 1.92. The van der Waals surface area contributed by atoms with E-state index in [2.05, 4.69) is 5.32 Å². The van der Waals surface area contributed by atoms with Crippen LogP contribution in [0.15, 0.2) is 24.3 Å². The van der Waals surface area contributed by atoms with Crippen molar-refractivity contribution in [1.82, 2.24) is 10.2 Å². The average Bonchev–Trinajstić information content (AvgIpc) is 2.41. The highest BCUT2D eigenvalue weighted by Gasteiger charge is 2.24. The maximum atomic E-state index is 11.7. The molecule has 2 unspecified atom stereocenters. The first-order valence-corrected chi connectivity index (χ1v) is 7.35. The Labute approximate surface area is 126 Å². The zero-order chi connectivity index (χ0) is 15.1. The highest BCUT2D eigenvalue weighted by Crippen LogP contribution is 2.25. The summed E-state index contributed by atoms with van der Waals surface area (Å²) in [6, 6.07) is 7.61. The molecular weight excluding hydrogens is 274 g/mol. The van der Waals surface area contributed by atoms with Gasteiger partial charge in [-0.05, 0) is 38.1 Å². The Morgan fingerprint density at radius 2 is 1.95 bits per heavy atom. The Morgan fingerprint density at radius 1 is 1.35 bits per heavy atom. The molecule has 0 aliphatic carbocycles. The van der Waals surface area contributed by atoms with Crippen molar-refractivity contribution in [3.05, 3.63) is 34.9 Å². The second-order valence-electron chi connectivity index (χ2n) is 4.94. The fourth-order valence-electron chi connectivity index (χ4n) is 2.29. The number of carbonyl (C=O) groups is 1. The van der Waals surface area contributed by atoms with E-state index in [-0.39, 0.29) is 18.0 Å². The number of carbonyl (C=O) groups excluding carboxylic acids is 1. The van der Waals surface area contributed by atoms with Crippen LogP contribution in [0.4, 0.5) is 0 Å². The molecule has 20 heavy (non-hydrogen) atoms. The predicted octanol–water partition coefficient (Wildman–Crippen LogP) is 2.19. The molecule has 0 aliphatic heterocycles. The van der Waals surface area contributed by atoms with Gasteiger partial charge in [0.2, 0.25) is 5.91 Å². The monoisotopic (exact) mass is 297 g/mol. The Bertz CT molecular complexity index is 422. The second kappa shape index (κ2) is 8.25. The lowest BCUT2D eigenvalue weighted by Gasteiger charge is -2.32. The van der Waals surface area contributed by atoms with Crippen LogP contribution < -0.4 is 11.1 Å². The van der Waals surface area contributed by atoms with Gasteiger partial charge in [0.1, 0.15) is 0 Å². The third kappa shape index (κ3) is 4.78. The lowest BCUT2D eigenvalue weighted by atomic mass is 9.96. The molecule has 0 saturated heterocycles. The van der Waals surface area contributed by atoms with Crippen molar-refractivity contribution in [3.8, 4) is 0 Å². The summed E-state index contributed by atoms with van der Waals surface area (Å²) in [5.41, 5.74) is 7.31. The third-order valence-electron chi connectivity index (χ3n) is 3.33. The van der Waals surface area contributed by atoms with E-state index in [9.17, 15) is 4.79 Å². The van der Waals surface area contributed by atoms with E-state index >= 15 is 0 Å². The number of nitrogens with zero attached hydrogens (tertiary/aromatic N) is 1. The number of hydrogen-bond donors (Lipinski definition) is 2. The van der Waals surface area contributed by atoms with Crippen LogP contribution in [0.25, 0.3) is 0 Å². The molecule has 2 atom stereocenters. The van der Waals surface area contributed by atoms with Crippen molar-refractivity contribution in [2.24, 2.45) is 5.73 Å². The first kappa shape index (κ1) is 17.0. The van der Waals surface area contributed by atoms with Crippen LogP contribution in [0.5, 0.6) is 0 Å². The van der Waals surface area contributed by atoms with Crippen LogP contribution in [0.2, 0.25) is 5.02 Å². The first-order chi connectivity index (χ1) is 9.49. The van der Waals surface area contributed by atoms with Gasteiger partial charge in [0.15, 0.2) is 0 Å². The van der Waals surface area contributed by atoms with Gasteiger partial charge in [0, 0.05) is 17.6 Å². The fourth-order valence-corrected chi connectivity index (χ4v) is 2.42. The molecule has 4 nitrogen and oxygen atoms in total. The number of rotatable bonds is 7. The summed E-state index contributed by atoms with van der Waals surface area (Å²) >= 11 is 5.93. The van der Waals surface area contributed by atoms with Crippen LogP contribution in [-0.4, -0.2) is 37.0 Å². The summed E-state index contributed by atoms with van der Waals surface area (Å²) in [6.07, 6.45) is 0.840. The van der Waals surface area contributed by atoms with Crippen molar-refractivity contribution >= 4 is 17.5 Å². The summed E-state index contributed by atoms with van der Waals surface area (Å²) in [4.78, 5) is 13.7. The number of halogens is 1. The van der Waals surface area contributed by atoms with Gasteiger partial charge in [-0.1, -0.05) is 30.7 Å². The molecule has 0 aliphatic rings. The molecule has 0 saturated carbocycles. The normalized spacial score (nSPS) is 14.1. The summed E-state index contributed by atoms with van der Waals surface area (Å²) in [5, 5.41) is 3.50.